The molecule has 0 radical (unpaired) electrons. The van der Waals surface area contributed by atoms with Crippen molar-refractivity contribution in [2.24, 2.45) is 11.7 Å². The molecule has 11 heavy (non-hydrogen) atoms. The van der Waals surface area contributed by atoms with E-state index in [0.29, 0.717) is 0 Å². The zero-order valence-corrected chi connectivity index (χ0v) is 7.21. The molecule has 1 aliphatic heterocycles. The van der Waals surface area contributed by atoms with Gasteiger partial charge in [-0.15, -0.1) is 0 Å². The van der Waals surface area contributed by atoms with Crippen molar-refractivity contribution in [2.45, 2.75) is 32.9 Å². The van der Waals surface area contributed by atoms with Crippen LogP contribution in [0.3, 0.4) is 0 Å². The smallest absolute Gasteiger partial charge is 0.226 e. The Morgan fingerprint density at radius 2 is 2.27 bits per heavy atom. The average Bonchev–Trinajstić information content (AvgIpc) is 2.33. The summed E-state index contributed by atoms with van der Waals surface area (Å²) in [6.45, 7) is 4.67. The van der Waals surface area contributed by atoms with Crippen LogP contribution in [0, 0.1) is 5.92 Å². The second kappa shape index (κ2) is 3.22. The Hall–Kier alpha value is -0.570. The highest BCUT2D eigenvalue weighted by Gasteiger charge is 2.26. The molecule has 1 atom stereocenters. The topological polar surface area (TPSA) is 46.3 Å². The second-order valence-electron chi connectivity index (χ2n) is 3.40. The van der Waals surface area contributed by atoms with E-state index in [1.54, 1.807) is 4.90 Å². The standard InChI is InChI=1S/C8H16N2O/c1-6(2)8(11)10-5-3-4-7(10)9/h6-7H,3-5,9H2,1-2H3. The molecule has 0 saturated carbocycles. The number of hydrogen-bond acceptors (Lipinski definition) is 2. The van der Waals surface area contributed by atoms with Crippen molar-refractivity contribution in [3.05, 3.63) is 0 Å². The van der Waals surface area contributed by atoms with E-state index in [1.807, 2.05) is 13.8 Å². The molecule has 1 amide bonds. The molecule has 0 spiro atoms. The van der Waals surface area contributed by atoms with E-state index in [4.69, 9.17) is 5.73 Å². The molecule has 0 aliphatic carbocycles. The summed E-state index contributed by atoms with van der Waals surface area (Å²) in [4.78, 5) is 13.2. The van der Waals surface area contributed by atoms with Gasteiger partial charge in [0, 0.05) is 12.5 Å². The summed E-state index contributed by atoms with van der Waals surface area (Å²) in [6.07, 6.45) is 1.99. The van der Waals surface area contributed by atoms with Crippen LogP contribution < -0.4 is 5.73 Å². The molecule has 0 aromatic rings. The first-order valence-corrected chi connectivity index (χ1v) is 4.19. The lowest BCUT2D eigenvalue weighted by atomic mass is 10.2. The third-order valence-electron chi connectivity index (χ3n) is 2.08. The second-order valence-corrected chi connectivity index (χ2v) is 3.40. The van der Waals surface area contributed by atoms with Gasteiger partial charge < -0.3 is 10.6 Å². The van der Waals surface area contributed by atoms with Crippen molar-refractivity contribution in [1.29, 1.82) is 0 Å². The van der Waals surface area contributed by atoms with Crippen LogP contribution in [-0.2, 0) is 4.79 Å². The Morgan fingerprint density at radius 1 is 1.64 bits per heavy atom. The van der Waals surface area contributed by atoms with Crippen LogP contribution in [0.2, 0.25) is 0 Å². The third kappa shape index (κ3) is 1.71. The predicted octanol–water partition coefficient (Wildman–Crippen LogP) is 0.550. The summed E-state index contributed by atoms with van der Waals surface area (Å²) in [5.41, 5.74) is 5.72. The number of carbonyl (C=O) groups excluding carboxylic acids is 1. The Labute approximate surface area is 67.5 Å². The van der Waals surface area contributed by atoms with Gasteiger partial charge in [-0.1, -0.05) is 13.8 Å². The molecule has 0 bridgehead atoms. The monoisotopic (exact) mass is 156 g/mol. The van der Waals surface area contributed by atoms with Crippen LogP contribution in [0.5, 0.6) is 0 Å². The maximum atomic E-state index is 11.4. The lowest BCUT2D eigenvalue weighted by molar-refractivity contribution is -0.135. The van der Waals surface area contributed by atoms with Crippen LogP contribution >= 0.6 is 0 Å². The highest BCUT2D eigenvalue weighted by Crippen LogP contribution is 2.15. The molecule has 3 nitrogen and oxygen atoms in total. The van der Waals surface area contributed by atoms with E-state index in [1.165, 1.54) is 0 Å². The van der Waals surface area contributed by atoms with Crippen LogP contribution in [0.1, 0.15) is 26.7 Å². The number of carbonyl (C=O) groups is 1. The molecule has 1 aliphatic rings. The fraction of sp³-hybridized carbons (Fsp3) is 0.875. The molecule has 1 saturated heterocycles. The summed E-state index contributed by atoms with van der Waals surface area (Å²) >= 11 is 0. The summed E-state index contributed by atoms with van der Waals surface area (Å²) in [6, 6.07) is 0. The van der Waals surface area contributed by atoms with Crippen molar-refractivity contribution >= 4 is 5.91 Å². The van der Waals surface area contributed by atoms with Crippen LogP contribution in [0.4, 0.5) is 0 Å². The van der Waals surface area contributed by atoms with Crippen molar-refractivity contribution in [1.82, 2.24) is 4.90 Å². The van der Waals surface area contributed by atoms with Gasteiger partial charge in [-0.3, -0.25) is 4.79 Å². The molecule has 64 valence electrons. The third-order valence-corrected chi connectivity index (χ3v) is 2.08. The number of nitrogens with two attached hydrogens (primary N) is 1. The molecule has 3 heteroatoms. The minimum Gasteiger partial charge on any atom is -0.327 e. The zero-order chi connectivity index (χ0) is 8.43. The van der Waals surface area contributed by atoms with Gasteiger partial charge in [0.25, 0.3) is 0 Å². The van der Waals surface area contributed by atoms with E-state index in [9.17, 15) is 4.79 Å². The van der Waals surface area contributed by atoms with Gasteiger partial charge in [-0.2, -0.15) is 0 Å². The van der Waals surface area contributed by atoms with Crippen LogP contribution in [-0.4, -0.2) is 23.5 Å². The van der Waals surface area contributed by atoms with E-state index in [2.05, 4.69) is 0 Å². The van der Waals surface area contributed by atoms with Gasteiger partial charge in [-0.05, 0) is 12.8 Å². The summed E-state index contributed by atoms with van der Waals surface area (Å²) in [5, 5.41) is 0. The Bertz CT molecular complexity index is 156. The lowest BCUT2D eigenvalue weighted by Crippen LogP contribution is -2.42. The maximum Gasteiger partial charge on any atom is 0.226 e. The van der Waals surface area contributed by atoms with Crippen molar-refractivity contribution in [3.63, 3.8) is 0 Å². The molecule has 0 aromatic carbocycles. The number of nitrogens with zero attached hydrogens (tertiary/aromatic N) is 1. The average molecular weight is 156 g/mol. The molecular weight excluding hydrogens is 140 g/mol. The Morgan fingerprint density at radius 3 is 2.64 bits per heavy atom. The van der Waals surface area contributed by atoms with Gasteiger partial charge in [0.2, 0.25) is 5.91 Å². The first-order valence-electron chi connectivity index (χ1n) is 4.19. The number of rotatable bonds is 1. The van der Waals surface area contributed by atoms with Crippen molar-refractivity contribution < 1.29 is 4.79 Å². The number of hydrogen-bond donors (Lipinski definition) is 1. The fourth-order valence-corrected chi connectivity index (χ4v) is 1.40. The van der Waals surface area contributed by atoms with Crippen LogP contribution in [0.15, 0.2) is 0 Å². The molecule has 1 fully saturated rings. The molecule has 2 N–H and O–H groups in total. The van der Waals surface area contributed by atoms with E-state index in [0.717, 1.165) is 19.4 Å². The SMILES string of the molecule is CC(C)C(=O)N1CCCC1N. The first kappa shape index (κ1) is 8.53. The predicted molar refractivity (Wildman–Crippen MR) is 43.8 cm³/mol. The van der Waals surface area contributed by atoms with Crippen molar-refractivity contribution in [3.8, 4) is 0 Å². The van der Waals surface area contributed by atoms with Gasteiger partial charge in [-0.25, -0.2) is 0 Å². The molecule has 1 unspecified atom stereocenters. The Kier molecular flexibility index (Phi) is 2.49. The van der Waals surface area contributed by atoms with Gasteiger partial charge in [0.1, 0.15) is 0 Å². The van der Waals surface area contributed by atoms with E-state index >= 15 is 0 Å². The van der Waals surface area contributed by atoms with Crippen LogP contribution in [0.25, 0.3) is 0 Å². The summed E-state index contributed by atoms with van der Waals surface area (Å²) in [5.74, 6) is 0.272. The molecular formula is C8H16N2O. The fourth-order valence-electron chi connectivity index (χ4n) is 1.40. The van der Waals surface area contributed by atoms with E-state index < -0.39 is 0 Å². The van der Waals surface area contributed by atoms with Gasteiger partial charge in [0.05, 0.1) is 6.17 Å². The summed E-state index contributed by atoms with van der Waals surface area (Å²) in [7, 11) is 0. The lowest BCUT2D eigenvalue weighted by Gasteiger charge is -2.22. The van der Waals surface area contributed by atoms with Gasteiger partial charge in [0.15, 0.2) is 0 Å². The molecule has 1 rings (SSSR count). The van der Waals surface area contributed by atoms with Crippen molar-refractivity contribution in [2.75, 3.05) is 6.54 Å². The maximum absolute atomic E-state index is 11.4. The largest absolute Gasteiger partial charge is 0.327 e. The normalized spacial score (nSPS) is 24.7. The highest BCUT2D eigenvalue weighted by molar-refractivity contribution is 5.78. The minimum atomic E-state index is -0.0232. The first-order chi connectivity index (χ1) is 5.13. The van der Waals surface area contributed by atoms with Gasteiger partial charge >= 0.3 is 0 Å². The molecule has 0 aromatic heterocycles. The highest BCUT2D eigenvalue weighted by atomic mass is 16.2. The van der Waals surface area contributed by atoms with E-state index in [-0.39, 0.29) is 18.0 Å². The Balaban J connectivity index is 2.53. The number of amides is 1. The number of likely N-dealkylation sites (tertiary alicyclic amines) is 1. The zero-order valence-electron chi connectivity index (χ0n) is 7.21. The summed E-state index contributed by atoms with van der Waals surface area (Å²) < 4.78 is 0. The molecule has 1 heterocycles. The quantitative estimate of drug-likeness (QED) is 0.602. The minimum absolute atomic E-state index is 0.0232.